The lowest BCUT2D eigenvalue weighted by Crippen LogP contribution is -2.77. The van der Waals surface area contributed by atoms with Crippen LogP contribution in [0.4, 0.5) is 0 Å². The number of nitrogens with zero attached hydrogens (tertiary/aromatic N) is 3. The van der Waals surface area contributed by atoms with E-state index in [1.807, 2.05) is 0 Å². The molecule has 1 fully saturated rings. The summed E-state index contributed by atoms with van der Waals surface area (Å²) >= 11 is 0. The Bertz CT molecular complexity index is 949. The van der Waals surface area contributed by atoms with E-state index in [1.165, 1.54) is 18.1 Å². The monoisotopic (exact) mass is 420 g/mol. The Balaban J connectivity index is 1.66. The number of aliphatic hydroxyl groups is 3. The van der Waals surface area contributed by atoms with Crippen LogP contribution in [0.1, 0.15) is 15.9 Å². The number of aliphatic imine (C=N–C) groups is 2. The fourth-order valence-electron chi connectivity index (χ4n) is 4.37. The van der Waals surface area contributed by atoms with Crippen LogP contribution in [0.3, 0.4) is 0 Å². The molecule has 8 N–H and O–H groups in total. The number of methoxy groups -OCH3 is 1. The molecule has 0 radical (unpaired) electrons. The summed E-state index contributed by atoms with van der Waals surface area (Å²) in [7, 11) is 1.52. The van der Waals surface area contributed by atoms with Crippen LogP contribution in [0.5, 0.6) is 5.75 Å². The highest BCUT2D eigenvalue weighted by Crippen LogP contribution is 2.45. The molecule has 3 aliphatic heterocycles. The first kappa shape index (κ1) is 20.2. The predicted octanol–water partition coefficient (Wildman–Crippen LogP) is -2.80. The summed E-state index contributed by atoms with van der Waals surface area (Å²) in [5.74, 6) is -2.93. The van der Waals surface area contributed by atoms with Gasteiger partial charge in [-0.3, -0.25) is 0 Å². The van der Waals surface area contributed by atoms with E-state index < -0.39 is 42.2 Å². The fraction of sp³-hybridized carbons (Fsp3) is 0.500. The molecule has 0 unspecified atom stereocenters. The number of benzene rings is 1. The number of aliphatic hydroxyl groups excluding tert-OH is 1. The Morgan fingerprint density at radius 3 is 2.73 bits per heavy atom. The lowest BCUT2D eigenvalue weighted by molar-refractivity contribution is -0.257. The summed E-state index contributed by atoms with van der Waals surface area (Å²) < 4.78 is 10.6. The molecule has 4 atom stereocenters. The van der Waals surface area contributed by atoms with Crippen LogP contribution >= 0.6 is 0 Å². The van der Waals surface area contributed by atoms with Crippen LogP contribution in [0.2, 0.25) is 0 Å². The highest BCUT2D eigenvalue weighted by Gasteiger charge is 2.74. The molecule has 12 heteroatoms. The van der Waals surface area contributed by atoms with Crippen molar-refractivity contribution in [1.82, 2.24) is 10.2 Å². The van der Waals surface area contributed by atoms with Crippen LogP contribution in [0.25, 0.3) is 0 Å². The molecule has 1 saturated heterocycles. The number of carbonyl (C=O) groups is 1. The summed E-state index contributed by atoms with van der Waals surface area (Å²) in [6.07, 6.45) is -1.41. The minimum absolute atomic E-state index is 0.0611. The average molecular weight is 420 g/mol. The van der Waals surface area contributed by atoms with E-state index in [1.54, 1.807) is 19.1 Å². The van der Waals surface area contributed by atoms with Gasteiger partial charge in [0.2, 0.25) is 5.79 Å². The SMILES string of the molecule is COc1ccc(C(=O)O[C@H]2CN3C(N)=N[C@@H](CO)[C@@H]4N=C(N)N[C@@]43C2(O)O)cc1C. The average Bonchev–Trinajstić information content (AvgIpc) is 3.16. The van der Waals surface area contributed by atoms with Crippen LogP contribution < -0.4 is 21.5 Å². The number of guanidine groups is 2. The Labute approximate surface area is 171 Å². The van der Waals surface area contributed by atoms with Crippen molar-refractivity contribution in [3.63, 3.8) is 0 Å². The quantitative estimate of drug-likeness (QED) is 0.219. The second kappa shape index (κ2) is 6.72. The van der Waals surface area contributed by atoms with E-state index in [9.17, 15) is 20.1 Å². The van der Waals surface area contributed by atoms with Crippen molar-refractivity contribution >= 4 is 17.9 Å². The van der Waals surface area contributed by atoms with Crippen LogP contribution in [-0.2, 0) is 4.74 Å². The maximum Gasteiger partial charge on any atom is 0.338 e. The summed E-state index contributed by atoms with van der Waals surface area (Å²) in [6.45, 7) is 1.16. The maximum absolute atomic E-state index is 12.7. The molecule has 3 heterocycles. The van der Waals surface area contributed by atoms with Gasteiger partial charge in [-0.1, -0.05) is 0 Å². The minimum Gasteiger partial charge on any atom is -0.496 e. The van der Waals surface area contributed by atoms with E-state index >= 15 is 0 Å². The molecule has 0 aliphatic carbocycles. The number of nitrogens with one attached hydrogen (secondary N) is 1. The van der Waals surface area contributed by atoms with Gasteiger partial charge in [-0.15, -0.1) is 0 Å². The molecule has 0 aromatic heterocycles. The summed E-state index contributed by atoms with van der Waals surface area (Å²) in [6, 6.07) is 2.89. The van der Waals surface area contributed by atoms with Gasteiger partial charge in [-0.25, -0.2) is 14.8 Å². The van der Waals surface area contributed by atoms with Crippen molar-refractivity contribution in [1.29, 1.82) is 0 Å². The third-order valence-corrected chi connectivity index (χ3v) is 5.81. The molecule has 1 aromatic rings. The predicted molar refractivity (Wildman–Crippen MR) is 105 cm³/mol. The Morgan fingerprint density at radius 2 is 2.10 bits per heavy atom. The first-order valence-corrected chi connectivity index (χ1v) is 9.29. The van der Waals surface area contributed by atoms with E-state index in [2.05, 4.69) is 15.3 Å². The number of nitrogens with two attached hydrogens (primary N) is 2. The van der Waals surface area contributed by atoms with Gasteiger partial charge in [0.1, 0.15) is 17.8 Å². The van der Waals surface area contributed by atoms with E-state index in [0.717, 1.165) is 5.56 Å². The van der Waals surface area contributed by atoms with Gasteiger partial charge in [0, 0.05) is 0 Å². The van der Waals surface area contributed by atoms with Gasteiger partial charge in [-0.2, -0.15) is 0 Å². The third-order valence-electron chi connectivity index (χ3n) is 5.81. The molecular weight excluding hydrogens is 396 g/mol. The smallest absolute Gasteiger partial charge is 0.338 e. The maximum atomic E-state index is 12.7. The Morgan fingerprint density at radius 1 is 1.37 bits per heavy atom. The lowest BCUT2D eigenvalue weighted by Gasteiger charge is -2.48. The van der Waals surface area contributed by atoms with Gasteiger partial charge in [-0.05, 0) is 30.7 Å². The summed E-state index contributed by atoms with van der Waals surface area (Å²) in [5.41, 5.74) is 11.0. The second-order valence-electron chi connectivity index (χ2n) is 7.50. The van der Waals surface area contributed by atoms with Gasteiger partial charge in [0.15, 0.2) is 23.7 Å². The van der Waals surface area contributed by atoms with E-state index in [0.29, 0.717) is 5.75 Å². The number of hydrogen-bond acceptors (Lipinski definition) is 12. The number of carbonyl (C=O) groups excluding carboxylic acids is 1. The highest BCUT2D eigenvalue weighted by molar-refractivity contribution is 5.91. The zero-order chi connectivity index (χ0) is 21.8. The van der Waals surface area contributed by atoms with Crippen molar-refractivity contribution < 1.29 is 29.6 Å². The number of esters is 1. The minimum atomic E-state index is -2.65. The summed E-state index contributed by atoms with van der Waals surface area (Å²) in [5, 5.41) is 34.7. The standard InChI is InChI=1S/C18H24N6O6/c1-8-5-9(3-4-11(8)29-2)14(26)30-12-6-24-16(20)21-10(7-25)13-17(24,18(12,27)28)23-15(19)22-13/h3-5,10,12-13,25,27-28H,6-7H2,1-2H3,(H2,20,21)(H3,19,22,23)/t10-,12-,13-,17-/m0/s1. The van der Waals surface area contributed by atoms with Crippen molar-refractivity contribution in [2.75, 3.05) is 20.3 Å². The Kier molecular flexibility index (Phi) is 4.52. The van der Waals surface area contributed by atoms with Gasteiger partial charge >= 0.3 is 5.97 Å². The second-order valence-corrected chi connectivity index (χ2v) is 7.50. The van der Waals surface area contributed by atoms with Crippen LogP contribution in [0, 0.1) is 6.92 Å². The van der Waals surface area contributed by atoms with Crippen molar-refractivity contribution in [2.45, 2.75) is 36.6 Å². The lowest BCUT2D eigenvalue weighted by atomic mass is 9.86. The van der Waals surface area contributed by atoms with Gasteiger partial charge in [0.05, 0.1) is 25.8 Å². The van der Waals surface area contributed by atoms with Crippen LogP contribution in [0.15, 0.2) is 28.2 Å². The van der Waals surface area contributed by atoms with Gasteiger partial charge < -0.3 is 46.5 Å². The largest absolute Gasteiger partial charge is 0.496 e. The van der Waals surface area contributed by atoms with Crippen molar-refractivity contribution in [3.05, 3.63) is 29.3 Å². The van der Waals surface area contributed by atoms with E-state index in [4.69, 9.17) is 20.9 Å². The molecule has 162 valence electrons. The normalized spacial score (nSPS) is 31.2. The molecule has 30 heavy (non-hydrogen) atoms. The first-order valence-electron chi connectivity index (χ1n) is 9.29. The van der Waals surface area contributed by atoms with Gasteiger partial charge in [0.25, 0.3) is 0 Å². The molecule has 3 aliphatic rings. The molecule has 1 spiro atoms. The summed E-state index contributed by atoms with van der Waals surface area (Å²) in [4.78, 5) is 22.4. The molecule has 0 amide bonds. The first-order chi connectivity index (χ1) is 14.2. The number of aryl methyl sites for hydroxylation is 1. The molecular formula is C18H24N6O6. The zero-order valence-electron chi connectivity index (χ0n) is 16.4. The number of hydrogen-bond donors (Lipinski definition) is 6. The molecule has 4 rings (SSSR count). The van der Waals surface area contributed by atoms with E-state index in [-0.39, 0.29) is 24.0 Å². The van der Waals surface area contributed by atoms with Crippen LogP contribution in [-0.4, -0.2) is 88.0 Å². The van der Waals surface area contributed by atoms with Crippen molar-refractivity contribution in [2.24, 2.45) is 21.5 Å². The topological polar surface area (TPSA) is 188 Å². The van der Waals surface area contributed by atoms with Crippen molar-refractivity contribution in [3.8, 4) is 5.75 Å². The molecule has 1 aromatic carbocycles. The molecule has 0 saturated carbocycles. The molecule has 0 bridgehead atoms. The Hall–Kier alpha value is -3.09. The number of ether oxygens (including phenoxy) is 2. The fourth-order valence-corrected chi connectivity index (χ4v) is 4.37. The zero-order valence-corrected chi connectivity index (χ0v) is 16.4. The molecule has 12 nitrogen and oxygen atoms in total. The number of rotatable bonds is 4. The third kappa shape index (κ3) is 2.61. The highest BCUT2D eigenvalue weighted by atomic mass is 16.6.